The number of hydrogen-bond donors (Lipinski definition) is 3. The molecule has 0 aromatic rings. The van der Waals surface area contributed by atoms with Gasteiger partial charge in [-0.05, 0) is 13.0 Å². The van der Waals surface area contributed by atoms with Crippen LogP contribution in [0.4, 0.5) is 0 Å². The molecule has 0 atom stereocenters. The second-order valence-corrected chi connectivity index (χ2v) is 1.85. The van der Waals surface area contributed by atoms with E-state index in [0.717, 1.165) is 0 Å². The van der Waals surface area contributed by atoms with Crippen molar-refractivity contribution in [3.05, 3.63) is 11.6 Å². The quantitative estimate of drug-likeness (QED) is 0.477. The average Bonchev–Trinajstić information content (AvgIpc) is 1.86. The topological polar surface area (TPSA) is 101 Å². The Balaban J connectivity index is 4.32. The van der Waals surface area contributed by atoms with E-state index in [4.69, 9.17) is 15.9 Å². The predicted molar refractivity (Wildman–Crippen MR) is 37.0 cm³/mol. The van der Waals surface area contributed by atoms with Gasteiger partial charge in [0.15, 0.2) is 0 Å². The molecule has 0 saturated heterocycles. The summed E-state index contributed by atoms with van der Waals surface area (Å²) in [4.78, 5) is 20.2. The number of carboxylic acid groups (broad SMARTS) is 2. The zero-order chi connectivity index (χ0) is 8.85. The molecule has 0 radical (unpaired) electrons. The molecule has 5 heteroatoms. The van der Waals surface area contributed by atoms with Crippen LogP contribution in [0.1, 0.15) is 6.42 Å². The van der Waals surface area contributed by atoms with Gasteiger partial charge in [0.05, 0.1) is 0 Å². The van der Waals surface area contributed by atoms with Crippen molar-refractivity contribution in [3.8, 4) is 0 Å². The van der Waals surface area contributed by atoms with E-state index in [1.807, 2.05) is 0 Å². The minimum atomic E-state index is -1.27. The first-order valence-corrected chi connectivity index (χ1v) is 2.94. The molecular weight excluding hydrogens is 150 g/mol. The fraction of sp³-hybridized carbons (Fsp3) is 0.333. The molecule has 0 fully saturated rings. The van der Waals surface area contributed by atoms with E-state index in [-0.39, 0.29) is 18.5 Å². The minimum Gasteiger partial charge on any atom is -0.478 e. The highest BCUT2D eigenvalue weighted by atomic mass is 16.4. The summed E-state index contributed by atoms with van der Waals surface area (Å²) in [6.07, 6.45) is 0.719. The highest BCUT2D eigenvalue weighted by Gasteiger charge is 2.07. The van der Waals surface area contributed by atoms with Gasteiger partial charge in [0.1, 0.15) is 0 Å². The first-order valence-electron chi connectivity index (χ1n) is 2.94. The van der Waals surface area contributed by atoms with Crippen LogP contribution in [0.15, 0.2) is 11.6 Å². The first-order chi connectivity index (χ1) is 5.07. The summed E-state index contributed by atoms with van der Waals surface area (Å²) in [6, 6.07) is 0. The lowest BCUT2D eigenvalue weighted by molar-refractivity contribution is -0.135. The van der Waals surface area contributed by atoms with Crippen LogP contribution in [0, 0.1) is 0 Å². The molecule has 4 N–H and O–H groups in total. The van der Waals surface area contributed by atoms with Crippen LogP contribution in [0.3, 0.4) is 0 Å². The molecular formula is C6H9NO4. The number of hydrogen-bond acceptors (Lipinski definition) is 3. The molecule has 0 amide bonds. The van der Waals surface area contributed by atoms with Crippen molar-refractivity contribution >= 4 is 11.9 Å². The van der Waals surface area contributed by atoms with E-state index in [2.05, 4.69) is 0 Å². The number of aliphatic carboxylic acids is 2. The average molecular weight is 159 g/mol. The highest BCUT2D eigenvalue weighted by Crippen LogP contribution is 1.98. The normalized spacial score (nSPS) is 11.2. The van der Waals surface area contributed by atoms with Gasteiger partial charge in [-0.25, -0.2) is 9.59 Å². The van der Waals surface area contributed by atoms with E-state index in [1.54, 1.807) is 0 Å². The van der Waals surface area contributed by atoms with Gasteiger partial charge in [-0.1, -0.05) is 0 Å². The molecule has 0 heterocycles. The molecule has 11 heavy (non-hydrogen) atoms. The second kappa shape index (κ2) is 4.45. The summed E-state index contributed by atoms with van der Waals surface area (Å²) in [5.41, 5.74) is 4.87. The lowest BCUT2D eigenvalue weighted by atomic mass is 10.2. The van der Waals surface area contributed by atoms with Gasteiger partial charge in [0, 0.05) is 11.6 Å². The fourth-order valence-corrected chi connectivity index (χ4v) is 0.545. The smallest absolute Gasteiger partial charge is 0.331 e. The Morgan fingerprint density at radius 3 is 2.18 bits per heavy atom. The standard InChI is InChI=1S/C6H9NO4/c7-2-1-4(6(10)11)3-5(8)9/h3H,1-2,7H2,(H,8,9)(H,10,11). The van der Waals surface area contributed by atoms with Gasteiger partial charge in [-0.3, -0.25) is 0 Å². The van der Waals surface area contributed by atoms with Crippen molar-refractivity contribution < 1.29 is 19.8 Å². The molecule has 0 aromatic heterocycles. The van der Waals surface area contributed by atoms with Crippen LogP contribution in [0.5, 0.6) is 0 Å². The maximum atomic E-state index is 10.2. The maximum Gasteiger partial charge on any atom is 0.331 e. The van der Waals surface area contributed by atoms with Gasteiger partial charge in [0.2, 0.25) is 0 Å². The van der Waals surface area contributed by atoms with Gasteiger partial charge in [-0.15, -0.1) is 0 Å². The molecule has 0 spiro atoms. The lowest BCUT2D eigenvalue weighted by Gasteiger charge is -1.95. The van der Waals surface area contributed by atoms with Crippen molar-refractivity contribution in [2.45, 2.75) is 6.42 Å². The summed E-state index contributed by atoms with van der Waals surface area (Å²) in [5, 5.41) is 16.5. The number of nitrogens with two attached hydrogens (primary N) is 1. The Labute approximate surface area is 63.1 Å². The second-order valence-electron chi connectivity index (χ2n) is 1.85. The van der Waals surface area contributed by atoms with Crippen LogP contribution >= 0.6 is 0 Å². The minimum absolute atomic E-state index is 0.0711. The molecule has 0 bridgehead atoms. The van der Waals surface area contributed by atoms with E-state index < -0.39 is 11.9 Å². The summed E-state index contributed by atoms with van der Waals surface area (Å²) >= 11 is 0. The molecule has 0 aliphatic heterocycles. The summed E-state index contributed by atoms with van der Waals surface area (Å²) in [5.74, 6) is -2.51. The summed E-state index contributed by atoms with van der Waals surface area (Å²) in [6.45, 7) is 0.130. The van der Waals surface area contributed by atoms with Gasteiger partial charge >= 0.3 is 11.9 Å². The number of rotatable bonds is 4. The van der Waals surface area contributed by atoms with Gasteiger partial charge in [0.25, 0.3) is 0 Å². The Hall–Kier alpha value is -1.36. The number of carboxylic acids is 2. The lowest BCUT2D eigenvalue weighted by Crippen LogP contribution is -2.09. The van der Waals surface area contributed by atoms with Gasteiger partial charge < -0.3 is 15.9 Å². The molecule has 62 valence electrons. The Bertz CT molecular complexity index is 197. The van der Waals surface area contributed by atoms with Crippen molar-refractivity contribution in [1.82, 2.24) is 0 Å². The van der Waals surface area contributed by atoms with Crippen molar-refractivity contribution in [2.24, 2.45) is 5.73 Å². The fourth-order valence-electron chi connectivity index (χ4n) is 0.545. The van der Waals surface area contributed by atoms with E-state index in [9.17, 15) is 9.59 Å². The predicted octanol–water partition coefficient (Wildman–Crippen LogP) is -0.569. The zero-order valence-electron chi connectivity index (χ0n) is 5.78. The molecule has 0 aliphatic carbocycles. The summed E-state index contributed by atoms with van der Waals surface area (Å²) < 4.78 is 0. The summed E-state index contributed by atoms with van der Waals surface area (Å²) in [7, 11) is 0. The third kappa shape index (κ3) is 4.10. The van der Waals surface area contributed by atoms with Crippen LogP contribution in [-0.4, -0.2) is 28.7 Å². The van der Waals surface area contributed by atoms with Crippen molar-refractivity contribution in [1.29, 1.82) is 0 Å². The SMILES string of the molecule is NCCC(=CC(=O)O)C(=O)O. The number of carbonyl (C=O) groups is 2. The van der Waals surface area contributed by atoms with Gasteiger partial charge in [-0.2, -0.15) is 0 Å². The van der Waals surface area contributed by atoms with Crippen LogP contribution < -0.4 is 5.73 Å². The Morgan fingerprint density at radius 2 is 1.91 bits per heavy atom. The molecule has 0 rings (SSSR count). The largest absolute Gasteiger partial charge is 0.478 e. The van der Waals surface area contributed by atoms with E-state index in [1.165, 1.54) is 0 Å². The van der Waals surface area contributed by atoms with Crippen molar-refractivity contribution in [3.63, 3.8) is 0 Å². The highest BCUT2D eigenvalue weighted by molar-refractivity contribution is 5.94. The third-order valence-corrected chi connectivity index (χ3v) is 0.986. The Kier molecular flexibility index (Phi) is 3.90. The Morgan fingerprint density at radius 1 is 1.36 bits per heavy atom. The molecule has 0 aliphatic rings. The molecule has 5 nitrogen and oxygen atoms in total. The van der Waals surface area contributed by atoms with Crippen molar-refractivity contribution in [2.75, 3.05) is 6.54 Å². The molecule has 0 saturated carbocycles. The third-order valence-electron chi connectivity index (χ3n) is 0.986. The monoisotopic (exact) mass is 159 g/mol. The van der Waals surface area contributed by atoms with Crippen LogP contribution in [0.25, 0.3) is 0 Å². The van der Waals surface area contributed by atoms with Crippen LogP contribution in [0.2, 0.25) is 0 Å². The first kappa shape index (κ1) is 9.64. The van der Waals surface area contributed by atoms with E-state index in [0.29, 0.717) is 6.08 Å². The van der Waals surface area contributed by atoms with E-state index >= 15 is 0 Å². The van der Waals surface area contributed by atoms with Crippen LogP contribution in [-0.2, 0) is 9.59 Å². The zero-order valence-corrected chi connectivity index (χ0v) is 5.78. The molecule has 0 aromatic carbocycles. The maximum absolute atomic E-state index is 10.2. The molecule has 0 unspecified atom stereocenters.